The van der Waals surface area contributed by atoms with Gasteiger partial charge in [-0.1, -0.05) is 97.8 Å². The first-order chi connectivity index (χ1) is 13.1. The summed E-state index contributed by atoms with van der Waals surface area (Å²) in [5.41, 5.74) is 1.33. The number of ketones is 1. The molecule has 0 aromatic carbocycles. The highest BCUT2D eigenvalue weighted by Gasteiger charge is 2.18. The van der Waals surface area contributed by atoms with Gasteiger partial charge in [0, 0.05) is 10.8 Å². The summed E-state index contributed by atoms with van der Waals surface area (Å²) in [5, 5.41) is 0. The molecule has 0 bridgehead atoms. The van der Waals surface area contributed by atoms with Gasteiger partial charge >= 0.3 is 0 Å². The molecule has 0 saturated heterocycles. The van der Waals surface area contributed by atoms with Crippen LogP contribution in [0.4, 0.5) is 0 Å². The summed E-state index contributed by atoms with van der Waals surface area (Å²) in [6.45, 7) is 8.75. The molecule has 1 atom stereocenters. The number of hydrogen-bond acceptors (Lipinski definition) is 2. The first kappa shape index (κ1) is 24.4. The molecule has 0 N–H and O–H groups in total. The van der Waals surface area contributed by atoms with E-state index in [0.29, 0.717) is 5.78 Å². The van der Waals surface area contributed by atoms with E-state index in [9.17, 15) is 4.79 Å². The van der Waals surface area contributed by atoms with Crippen molar-refractivity contribution in [1.29, 1.82) is 0 Å². The van der Waals surface area contributed by atoms with E-state index >= 15 is 0 Å². The number of carbonyl (C=O) groups is 1. The molecule has 0 aliphatic heterocycles. The van der Waals surface area contributed by atoms with Crippen LogP contribution in [-0.4, -0.2) is 5.78 Å². The van der Waals surface area contributed by atoms with Crippen molar-refractivity contribution < 1.29 is 4.79 Å². The quantitative estimate of drug-likeness (QED) is 0.191. The van der Waals surface area contributed by atoms with Crippen LogP contribution in [0, 0.1) is 12.8 Å². The summed E-state index contributed by atoms with van der Waals surface area (Å²) >= 11 is 1.76. The average Bonchev–Trinajstić information content (AvgIpc) is 3.04. The summed E-state index contributed by atoms with van der Waals surface area (Å²) in [5.74, 6) is 0.541. The first-order valence-corrected chi connectivity index (χ1v) is 12.5. The molecule has 1 nitrogen and oxygen atoms in total. The molecule has 0 aliphatic rings. The minimum Gasteiger partial charge on any atom is -0.293 e. The Morgan fingerprint density at radius 3 is 1.93 bits per heavy atom. The van der Waals surface area contributed by atoms with Crippen molar-refractivity contribution in [3.05, 3.63) is 21.4 Å². The van der Waals surface area contributed by atoms with Crippen molar-refractivity contribution in [3.63, 3.8) is 0 Å². The highest BCUT2D eigenvalue weighted by molar-refractivity contribution is 7.14. The summed E-state index contributed by atoms with van der Waals surface area (Å²) in [6.07, 6.45) is 19.8. The standard InChI is InChI=1S/C25H44OS/c1-5-7-9-10-11-12-13-14-15-16-17-19-23-22(4)20-24(27-23)25(26)21(3)18-8-6-2/h20-21H,5-19H2,1-4H3. The van der Waals surface area contributed by atoms with Crippen LogP contribution >= 0.6 is 11.3 Å². The average molecular weight is 393 g/mol. The van der Waals surface area contributed by atoms with Gasteiger partial charge in [0.2, 0.25) is 0 Å². The van der Waals surface area contributed by atoms with Gasteiger partial charge in [-0.3, -0.25) is 4.79 Å². The van der Waals surface area contributed by atoms with Gasteiger partial charge in [-0.2, -0.15) is 0 Å². The van der Waals surface area contributed by atoms with E-state index in [0.717, 1.165) is 24.1 Å². The lowest BCUT2D eigenvalue weighted by atomic mass is 9.98. The van der Waals surface area contributed by atoms with Crippen LogP contribution in [0.2, 0.25) is 0 Å². The van der Waals surface area contributed by atoms with Gasteiger partial charge in [0.1, 0.15) is 0 Å². The van der Waals surface area contributed by atoms with Crippen LogP contribution in [0.5, 0.6) is 0 Å². The van der Waals surface area contributed by atoms with Gasteiger partial charge in [-0.25, -0.2) is 0 Å². The predicted octanol–water partition coefficient (Wildman–Crippen LogP) is 8.92. The van der Waals surface area contributed by atoms with E-state index < -0.39 is 0 Å². The number of rotatable bonds is 17. The summed E-state index contributed by atoms with van der Waals surface area (Å²) in [7, 11) is 0. The van der Waals surface area contributed by atoms with Gasteiger partial charge in [0.25, 0.3) is 0 Å². The molecule has 27 heavy (non-hydrogen) atoms. The normalized spacial score (nSPS) is 12.4. The molecule has 0 saturated carbocycles. The topological polar surface area (TPSA) is 17.1 Å². The molecule has 2 heteroatoms. The minimum atomic E-state index is 0.179. The zero-order valence-corrected chi connectivity index (χ0v) is 19.4. The molecular weight excluding hydrogens is 348 g/mol. The fraction of sp³-hybridized carbons (Fsp3) is 0.800. The Kier molecular flexibility index (Phi) is 13.8. The zero-order chi connectivity index (χ0) is 19.9. The predicted molar refractivity (Wildman–Crippen MR) is 122 cm³/mol. The number of carbonyl (C=O) groups excluding carboxylic acids is 1. The van der Waals surface area contributed by atoms with Gasteiger partial charge < -0.3 is 0 Å². The number of Topliss-reactive ketones (excluding diaryl/α,β-unsaturated/α-hetero) is 1. The molecule has 1 heterocycles. The third-order valence-electron chi connectivity index (χ3n) is 5.71. The van der Waals surface area contributed by atoms with Crippen molar-refractivity contribution in [2.45, 2.75) is 124 Å². The van der Waals surface area contributed by atoms with Crippen LogP contribution in [0.3, 0.4) is 0 Å². The van der Waals surface area contributed by atoms with Crippen molar-refractivity contribution >= 4 is 17.1 Å². The zero-order valence-electron chi connectivity index (χ0n) is 18.6. The number of unbranched alkanes of at least 4 members (excludes halogenated alkanes) is 11. The third kappa shape index (κ3) is 10.5. The SMILES string of the molecule is CCCCCCCCCCCCCc1sc(C(=O)C(C)CCCC)cc1C. The highest BCUT2D eigenvalue weighted by atomic mass is 32.1. The minimum absolute atomic E-state index is 0.179. The van der Waals surface area contributed by atoms with Gasteiger partial charge in [-0.05, 0) is 37.8 Å². The second kappa shape index (κ2) is 15.3. The molecule has 156 valence electrons. The van der Waals surface area contributed by atoms with Crippen molar-refractivity contribution in [1.82, 2.24) is 0 Å². The van der Waals surface area contributed by atoms with Crippen LogP contribution in [0.1, 0.15) is 131 Å². The van der Waals surface area contributed by atoms with E-state index in [1.165, 1.54) is 87.5 Å². The van der Waals surface area contributed by atoms with Crippen molar-refractivity contribution in [3.8, 4) is 0 Å². The Bertz CT molecular complexity index is 502. The van der Waals surface area contributed by atoms with E-state index in [4.69, 9.17) is 0 Å². The smallest absolute Gasteiger partial charge is 0.175 e. The molecule has 0 radical (unpaired) electrons. The Hall–Kier alpha value is -0.630. The van der Waals surface area contributed by atoms with Crippen LogP contribution in [-0.2, 0) is 6.42 Å². The number of hydrogen-bond donors (Lipinski definition) is 0. The molecular formula is C25H44OS. The largest absolute Gasteiger partial charge is 0.293 e. The number of thiophene rings is 1. The lowest BCUT2D eigenvalue weighted by molar-refractivity contribution is 0.0927. The summed E-state index contributed by atoms with van der Waals surface area (Å²) < 4.78 is 0. The van der Waals surface area contributed by atoms with Gasteiger partial charge in [-0.15, -0.1) is 11.3 Å². The maximum atomic E-state index is 12.6. The molecule has 0 fully saturated rings. The lowest BCUT2D eigenvalue weighted by Crippen LogP contribution is -2.09. The Morgan fingerprint density at radius 1 is 0.852 bits per heavy atom. The highest BCUT2D eigenvalue weighted by Crippen LogP contribution is 2.27. The Morgan fingerprint density at radius 2 is 1.37 bits per heavy atom. The lowest BCUT2D eigenvalue weighted by Gasteiger charge is -2.07. The molecule has 0 spiro atoms. The van der Waals surface area contributed by atoms with Crippen LogP contribution in [0.25, 0.3) is 0 Å². The molecule has 0 aliphatic carbocycles. The molecule has 1 unspecified atom stereocenters. The fourth-order valence-corrected chi connectivity index (χ4v) is 4.99. The second-order valence-electron chi connectivity index (χ2n) is 8.41. The molecule has 1 aromatic rings. The first-order valence-electron chi connectivity index (χ1n) is 11.7. The van der Waals surface area contributed by atoms with Crippen molar-refractivity contribution in [2.24, 2.45) is 5.92 Å². The van der Waals surface area contributed by atoms with Crippen LogP contribution in [0.15, 0.2) is 6.07 Å². The van der Waals surface area contributed by atoms with E-state index in [-0.39, 0.29) is 5.92 Å². The van der Waals surface area contributed by atoms with Crippen LogP contribution < -0.4 is 0 Å². The third-order valence-corrected chi connectivity index (χ3v) is 7.02. The Balaban J connectivity index is 2.17. The van der Waals surface area contributed by atoms with E-state index in [1.54, 1.807) is 11.3 Å². The molecule has 1 aromatic heterocycles. The second-order valence-corrected chi connectivity index (χ2v) is 9.55. The van der Waals surface area contributed by atoms with E-state index in [1.807, 2.05) is 0 Å². The maximum absolute atomic E-state index is 12.6. The summed E-state index contributed by atoms with van der Waals surface area (Å²) in [6, 6.07) is 2.14. The van der Waals surface area contributed by atoms with E-state index in [2.05, 4.69) is 33.8 Å². The van der Waals surface area contributed by atoms with Gasteiger partial charge in [0.15, 0.2) is 5.78 Å². The van der Waals surface area contributed by atoms with Gasteiger partial charge in [0.05, 0.1) is 4.88 Å². The monoisotopic (exact) mass is 392 g/mol. The fourth-order valence-electron chi connectivity index (χ4n) is 3.72. The number of aryl methyl sites for hydroxylation is 2. The summed E-state index contributed by atoms with van der Waals surface area (Å²) in [4.78, 5) is 15.0. The maximum Gasteiger partial charge on any atom is 0.175 e. The Labute approximate surface area is 173 Å². The molecule has 1 rings (SSSR count). The van der Waals surface area contributed by atoms with Crippen molar-refractivity contribution in [2.75, 3.05) is 0 Å². The molecule has 0 amide bonds.